The fraction of sp³-hybridized carbons (Fsp3) is 0.154. The van der Waals surface area contributed by atoms with Crippen LogP contribution in [-0.4, -0.2) is 13.0 Å². The van der Waals surface area contributed by atoms with Gasteiger partial charge in [0.1, 0.15) is 18.2 Å². The lowest BCUT2D eigenvalue weighted by molar-refractivity contribution is -0.112. The van der Waals surface area contributed by atoms with E-state index in [0.717, 1.165) is 16.7 Å². The molecule has 1 amide bonds. The van der Waals surface area contributed by atoms with Crippen molar-refractivity contribution in [2.75, 3.05) is 12.4 Å². The first kappa shape index (κ1) is 22.9. The summed E-state index contributed by atoms with van der Waals surface area (Å²) >= 11 is 6.18. The van der Waals surface area contributed by atoms with E-state index in [-0.39, 0.29) is 12.2 Å². The van der Waals surface area contributed by atoms with Crippen LogP contribution in [0.15, 0.2) is 66.2 Å². The Morgan fingerprint density at radius 1 is 1.06 bits per heavy atom. The van der Waals surface area contributed by atoms with Gasteiger partial charge in [0.25, 0.3) is 5.91 Å². The summed E-state index contributed by atoms with van der Waals surface area (Å²) in [5, 5.41) is 13.0. The highest BCUT2D eigenvalue weighted by atomic mass is 35.5. The molecule has 0 saturated carbocycles. The van der Waals surface area contributed by atoms with Gasteiger partial charge in [0.2, 0.25) is 0 Å². The number of carbonyl (C=O) groups excluding carboxylic acids is 1. The fourth-order valence-corrected chi connectivity index (χ4v) is 3.36. The predicted octanol–water partition coefficient (Wildman–Crippen LogP) is 6.09. The van der Waals surface area contributed by atoms with Gasteiger partial charge in [0, 0.05) is 16.3 Å². The zero-order chi connectivity index (χ0) is 23.1. The first-order valence-corrected chi connectivity index (χ1v) is 10.3. The van der Waals surface area contributed by atoms with Crippen LogP contribution in [0.2, 0.25) is 5.02 Å². The minimum Gasteiger partial charge on any atom is -0.493 e. The standard InChI is InChI=1S/C26H23ClN2O3/c1-17-7-6-8-18(2)25(17)29-26(30)21(15-28)13-19-11-12-23(24(14-19)31-3)32-16-20-9-4-5-10-22(20)27/h4-14H,16H2,1-3H3,(H,29,30)/b21-13+. The van der Waals surface area contributed by atoms with Crippen LogP contribution in [0.1, 0.15) is 22.3 Å². The average Bonchev–Trinajstić information content (AvgIpc) is 2.79. The molecule has 6 heteroatoms. The van der Waals surface area contributed by atoms with E-state index in [0.29, 0.717) is 27.8 Å². The summed E-state index contributed by atoms with van der Waals surface area (Å²) in [4.78, 5) is 12.7. The minimum absolute atomic E-state index is 0.0144. The number of carbonyl (C=O) groups is 1. The molecule has 0 spiro atoms. The molecule has 1 N–H and O–H groups in total. The van der Waals surface area contributed by atoms with Crippen LogP contribution in [0, 0.1) is 25.2 Å². The van der Waals surface area contributed by atoms with Crippen molar-refractivity contribution in [1.82, 2.24) is 0 Å². The smallest absolute Gasteiger partial charge is 0.266 e. The molecule has 32 heavy (non-hydrogen) atoms. The van der Waals surface area contributed by atoms with E-state index in [1.807, 2.05) is 56.3 Å². The summed E-state index contributed by atoms with van der Waals surface area (Å²) in [5.41, 5.74) is 4.05. The van der Waals surface area contributed by atoms with Crippen molar-refractivity contribution in [2.45, 2.75) is 20.5 Å². The van der Waals surface area contributed by atoms with Gasteiger partial charge in [-0.05, 0) is 54.8 Å². The van der Waals surface area contributed by atoms with Crippen LogP contribution in [0.3, 0.4) is 0 Å². The molecule has 0 saturated heterocycles. The first-order chi connectivity index (χ1) is 15.4. The zero-order valence-electron chi connectivity index (χ0n) is 18.1. The Bertz CT molecular complexity index is 1190. The molecule has 3 aromatic carbocycles. The van der Waals surface area contributed by atoms with Crippen LogP contribution < -0.4 is 14.8 Å². The highest BCUT2D eigenvalue weighted by molar-refractivity contribution is 6.31. The van der Waals surface area contributed by atoms with Crippen molar-refractivity contribution >= 4 is 29.3 Å². The molecule has 0 atom stereocenters. The zero-order valence-corrected chi connectivity index (χ0v) is 18.9. The number of anilines is 1. The van der Waals surface area contributed by atoms with E-state index in [4.69, 9.17) is 21.1 Å². The molecule has 0 unspecified atom stereocenters. The maximum Gasteiger partial charge on any atom is 0.266 e. The number of rotatable bonds is 7. The molecule has 0 aromatic heterocycles. The number of ether oxygens (including phenoxy) is 2. The van der Waals surface area contributed by atoms with E-state index < -0.39 is 5.91 Å². The second-order valence-electron chi connectivity index (χ2n) is 7.18. The Labute approximate surface area is 192 Å². The number of amides is 1. The number of benzene rings is 3. The van der Waals surface area contributed by atoms with Gasteiger partial charge >= 0.3 is 0 Å². The molecular weight excluding hydrogens is 424 g/mol. The van der Waals surface area contributed by atoms with Crippen LogP contribution in [0.5, 0.6) is 11.5 Å². The molecule has 0 heterocycles. The molecule has 5 nitrogen and oxygen atoms in total. The summed E-state index contributed by atoms with van der Waals surface area (Å²) < 4.78 is 11.3. The summed E-state index contributed by atoms with van der Waals surface area (Å²) in [7, 11) is 1.53. The Kier molecular flexibility index (Phi) is 7.54. The third-order valence-corrected chi connectivity index (χ3v) is 5.29. The first-order valence-electron chi connectivity index (χ1n) is 9.96. The number of nitrogens with zero attached hydrogens (tertiary/aromatic N) is 1. The fourth-order valence-electron chi connectivity index (χ4n) is 3.17. The number of hydrogen-bond acceptors (Lipinski definition) is 4. The lowest BCUT2D eigenvalue weighted by Gasteiger charge is -2.13. The van der Waals surface area contributed by atoms with Gasteiger partial charge in [0.15, 0.2) is 11.5 Å². The van der Waals surface area contributed by atoms with E-state index in [9.17, 15) is 10.1 Å². The predicted molar refractivity (Wildman–Crippen MR) is 127 cm³/mol. The molecule has 0 radical (unpaired) electrons. The second-order valence-corrected chi connectivity index (χ2v) is 7.59. The molecule has 3 aromatic rings. The van der Waals surface area contributed by atoms with Gasteiger partial charge in [-0.2, -0.15) is 5.26 Å². The Hall–Kier alpha value is -3.75. The summed E-state index contributed by atoms with van der Waals surface area (Å²) in [6, 6.07) is 20.4. The van der Waals surface area contributed by atoms with Crippen LogP contribution >= 0.6 is 11.6 Å². The Morgan fingerprint density at radius 2 is 1.78 bits per heavy atom. The quantitative estimate of drug-likeness (QED) is 0.352. The molecule has 162 valence electrons. The van der Waals surface area contributed by atoms with Crippen molar-refractivity contribution in [3.63, 3.8) is 0 Å². The number of halogens is 1. The third kappa shape index (κ3) is 5.48. The van der Waals surface area contributed by atoms with Gasteiger partial charge in [-0.3, -0.25) is 4.79 Å². The molecule has 0 fully saturated rings. The Balaban J connectivity index is 1.79. The van der Waals surface area contributed by atoms with Gasteiger partial charge in [-0.15, -0.1) is 0 Å². The molecule has 0 aliphatic rings. The molecule has 3 rings (SSSR count). The second kappa shape index (κ2) is 10.5. The van der Waals surface area contributed by atoms with Gasteiger partial charge < -0.3 is 14.8 Å². The lowest BCUT2D eigenvalue weighted by Crippen LogP contribution is -2.15. The van der Waals surface area contributed by atoms with Crippen LogP contribution in [-0.2, 0) is 11.4 Å². The number of nitrogens with one attached hydrogen (secondary N) is 1. The van der Waals surface area contributed by atoms with Gasteiger partial charge in [-0.1, -0.05) is 54.1 Å². The van der Waals surface area contributed by atoms with Gasteiger partial charge in [0.05, 0.1) is 7.11 Å². The third-order valence-electron chi connectivity index (χ3n) is 4.92. The van der Waals surface area contributed by atoms with Crippen molar-refractivity contribution in [1.29, 1.82) is 5.26 Å². The minimum atomic E-state index is -0.470. The van der Waals surface area contributed by atoms with E-state index >= 15 is 0 Å². The number of para-hydroxylation sites is 1. The normalized spacial score (nSPS) is 10.9. The Morgan fingerprint density at radius 3 is 2.44 bits per heavy atom. The summed E-state index contributed by atoms with van der Waals surface area (Å²) in [6.45, 7) is 4.10. The maximum absolute atomic E-state index is 12.7. The monoisotopic (exact) mass is 446 g/mol. The number of aryl methyl sites for hydroxylation is 2. The van der Waals surface area contributed by atoms with E-state index in [1.54, 1.807) is 24.3 Å². The van der Waals surface area contributed by atoms with E-state index in [2.05, 4.69) is 5.32 Å². The number of methoxy groups -OCH3 is 1. The molecule has 0 aliphatic heterocycles. The van der Waals surface area contributed by atoms with Crippen molar-refractivity contribution in [3.8, 4) is 17.6 Å². The lowest BCUT2D eigenvalue weighted by atomic mass is 10.1. The highest BCUT2D eigenvalue weighted by Gasteiger charge is 2.13. The highest BCUT2D eigenvalue weighted by Crippen LogP contribution is 2.30. The van der Waals surface area contributed by atoms with Gasteiger partial charge in [-0.25, -0.2) is 0 Å². The molecule has 0 bridgehead atoms. The SMILES string of the molecule is COc1cc(/C=C(\C#N)C(=O)Nc2c(C)cccc2C)ccc1OCc1ccccc1Cl. The number of hydrogen-bond donors (Lipinski definition) is 1. The molecular formula is C26H23ClN2O3. The maximum atomic E-state index is 12.7. The van der Waals surface area contributed by atoms with Crippen LogP contribution in [0.4, 0.5) is 5.69 Å². The van der Waals surface area contributed by atoms with Crippen molar-refractivity contribution in [2.24, 2.45) is 0 Å². The van der Waals surface area contributed by atoms with Crippen molar-refractivity contribution in [3.05, 3.63) is 93.5 Å². The molecule has 0 aliphatic carbocycles. The topological polar surface area (TPSA) is 71.3 Å². The van der Waals surface area contributed by atoms with Crippen molar-refractivity contribution < 1.29 is 14.3 Å². The summed E-state index contributed by atoms with van der Waals surface area (Å²) in [6.07, 6.45) is 1.52. The van der Waals surface area contributed by atoms with Crippen LogP contribution in [0.25, 0.3) is 6.08 Å². The largest absolute Gasteiger partial charge is 0.493 e. The average molecular weight is 447 g/mol. The summed E-state index contributed by atoms with van der Waals surface area (Å²) in [5.74, 6) is 0.546. The van der Waals surface area contributed by atoms with E-state index in [1.165, 1.54) is 13.2 Å². The number of nitriles is 1.